The van der Waals surface area contributed by atoms with Crippen LogP contribution in [0.15, 0.2) is 84.9 Å². The summed E-state index contributed by atoms with van der Waals surface area (Å²) in [5, 5.41) is 5.16. The molecular formula is C30H26F2N2O8S. The molecule has 4 rings (SSSR count). The smallest absolute Gasteiger partial charge is 0.341 e. The van der Waals surface area contributed by atoms with Gasteiger partial charge in [-0.2, -0.15) is 8.42 Å². The highest BCUT2D eigenvalue weighted by atomic mass is 32.2. The number of halogens is 2. The number of hydrogen-bond donors (Lipinski definition) is 2. The molecule has 0 heterocycles. The van der Waals surface area contributed by atoms with Gasteiger partial charge in [0.1, 0.15) is 29.1 Å². The summed E-state index contributed by atoms with van der Waals surface area (Å²) in [7, 11) is -1.31. The molecule has 2 amide bonds. The Morgan fingerprint density at radius 3 is 1.72 bits per heavy atom. The summed E-state index contributed by atoms with van der Waals surface area (Å²) in [6.45, 7) is 0. The highest BCUT2D eigenvalue weighted by Crippen LogP contribution is 2.34. The molecule has 0 fully saturated rings. The molecule has 4 aromatic carbocycles. The van der Waals surface area contributed by atoms with Gasteiger partial charge in [0, 0.05) is 17.4 Å². The standard InChI is InChI=1S/C30H26F2N2O8S/c1-39-27-17-23(13-15-26(27)42-43(3,37)38)34-30(36)33-22-12-14-25(24(16-22)29(35)40-2)41-28(18-4-8-20(31)9-5-18)19-6-10-21(32)11-7-19/h4-17,28H,1-3H3,(H2,33,34,36). The van der Waals surface area contributed by atoms with Crippen molar-refractivity contribution in [1.29, 1.82) is 0 Å². The Morgan fingerprint density at radius 2 is 1.23 bits per heavy atom. The van der Waals surface area contributed by atoms with E-state index >= 15 is 0 Å². The maximum atomic E-state index is 13.6. The van der Waals surface area contributed by atoms with E-state index in [1.54, 1.807) is 0 Å². The van der Waals surface area contributed by atoms with E-state index in [1.165, 1.54) is 99.1 Å². The first kappa shape index (κ1) is 30.8. The third kappa shape index (κ3) is 8.20. The number of carbonyl (C=O) groups is 2. The van der Waals surface area contributed by atoms with Gasteiger partial charge in [-0.25, -0.2) is 18.4 Å². The summed E-state index contributed by atoms with van der Waals surface area (Å²) in [5.41, 5.74) is 1.50. The molecule has 0 radical (unpaired) electrons. The first-order valence-electron chi connectivity index (χ1n) is 12.5. The van der Waals surface area contributed by atoms with Crippen LogP contribution in [0.2, 0.25) is 0 Å². The lowest BCUT2D eigenvalue weighted by Crippen LogP contribution is -2.20. The minimum Gasteiger partial charge on any atom is -0.493 e. The molecule has 0 aliphatic carbocycles. The Kier molecular flexibility index (Phi) is 9.46. The molecule has 0 atom stereocenters. The molecule has 2 N–H and O–H groups in total. The van der Waals surface area contributed by atoms with Crippen LogP contribution in [0.4, 0.5) is 25.0 Å². The topological polar surface area (TPSA) is 129 Å². The van der Waals surface area contributed by atoms with Crippen molar-refractivity contribution in [2.45, 2.75) is 6.10 Å². The first-order valence-corrected chi connectivity index (χ1v) is 14.3. The largest absolute Gasteiger partial charge is 0.493 e. The van der Waals surface area contributed by atoms with Crippen molar-refractivity contribution in [2.75, 3.05) is 31.1 Å². The number of urea groups is 1. The van der Waals surface area contributed by atoms with Crippen LogP contribution in [0.5, 0.6) is 17.2 Å². The zero-order chi connectivity index (χ0) is 31.1. The van der Waals surface area contributed by atoms with E-state index in [1.807, 2.05) is 0 Å². The number of amides is 2. The lowest BCUT2D eigenvalue weighted by Gasteiger charge is -2.22. The van der Waals surface area contributed by atoms with Crippen LogP contribution < -0.4 is 24.3 Å². The summed E-state index contributed by atoms with van der Waals surface area (Å²) >= 11 is 0. The van der Waals surface area contributed by atoms with Gasteiger partial charge in [-0.3, -0.25) is 0 Å². The molecule has 13 heteroatoms. The summed E-state index contributed by atoms with van der Waals surface area (Å²) in [5.74, 6) is -1.59. The first-order chi connectivity index (χ1) is 20.5. The lowest BCUT2D eigenvalue weighted by atomic mass is 10.0. The van der Waals surface area contributed by atoms with E-state index in [9.17, 15) is 26.8 Å². The third-order valence-electron chi connectivity index (χ3n) is 5.90. The van der Waals surface area contributed by atoms with E-state index < -0.39 is 39.9 Å². The second-order valence-corrected chi connectivity index (χ2v) is 10.6. The van der Waals surface area contributed by atoms with Crippen molar-refractivity contribution >= 4 is 33.5 Å². The van der Waals surface area contributed by atoms with Crippen LogP contribution in [-0.2, 0) is 14.9 Å². The molecule has 0 aromatic heterocycles. The Bertz CT molecular complexity index is 1690. The number of ether oxygens (including phenoxy) is 3. The molecule has 0 aliphatic rings. The van der Waals surface area contributed by atoms with Crippen molar-refractivity contribution in [1.82, 2.24) is 0 Å². The average molecular weight is 613 g/mol. The maximum Gasteiger partial charge on any atom is 0.341 e. The lowest BCUT2D eigenvalue weighted by molar-refractivity contribution is 0.0594. The number of hydrogen-bond acceptors (Lipinski definition) is 8. The van der Waals surface area contributed by atoms with Crippen molar-refractivity contribution in [3.05, 3.63) is 113 Å². The molecule has 43 heavy (non-hydrogen) atoms. The zero-order valence-electron chi connectivity index (χ0n) is 23.1. The quantitative estimate of drug-likeness (QED) is 0.167. The minimum atomic E-state index is -3.80. The van der Waals surface area contributed by atoms with Crippen LogP contribution in [-0.4, -0.2) is 40.9 Å². The van der Waals surface area contributed by atoms with Gasteiger partial charge in [-0.1, -0.05) is 24.3 Å². The summed E-state index contributed by atoms with van der Waals surface area (Å²) < 4.78 is 71.3. The fraction of sp³-hybridized carbons (Fsp3) is 0.133. The summed E-state index contributed by atoms with van der Waals surface area (Å²) in [4.78, 5) is 25.4. The van der Waals surface area contributed by atoms with Gasteiger partial charge < -0.3 is 29.0 Å². The van der Waals surface area contributed by atoms with E-state index in [0.29, 0.717) is 11.1 Å². The van der Waals surface area contributed by atoms with Crippen molar-refractivity contribution in [3.63, 3.8) is 0 Å². The van der Waals surface area contributed by atoms with Gasteiger partial charge in [0.15, 0.2) is 11.5 Å². The van der Waals surface area contributed by atoms with Crippen LogP contribution in [0.25, 0.3) is 0 Å². The predicted octanol–water partition coefficient (Wildman–Crippen LogP) is 5.91. The summed E-state index contributed by atoms with van der Waals surface area (Å²) in [6.07, 6.45) is 0.0350. The molecule has 224 valence electrons. The van der Waals surface area contributed by atoms with Gasteiger partial charge in [-0.15, -0.1) is 0 Å². The van der Waals surface area contributed by atoms with Crippen molar-refractivity contribution in [2.24, 2.45) is 0 Å². The van der Waals surface area contributed by atoms with Gasteiger partial charge in [0.2, 0.25) is 0 Å². The Hall–Kier alpha value is -5.17. The van der Waals surface area contributed by atoms with Crippen molar-refractivity contribution in [3.8, 4) is 17.2 Å². The third-order valence-corrected chi connectivity index (χ3v) is 6.38. The van der Waals surface area contributed by atoms with Gasteiger partial charge >= 0.3 is 22.1 Å². The average Bonchev–Trinajstić information content (AvgIpc) is 2.97. The number of rotatable bonds is 10. The molecule has 4 aromatic rings. The highest BCUT2D eigenvalue weighted by molar-refractivity contribution is 7.86. The summed E-state index contributed by atoms with van der Waals surface area (Å²) in [6, 6.07) is 18.7. The van der Waals surface area contributed by atoms with E-state index in [4.69, 9.17) is 18.4 Å². The number of anilines is 2. The molecule has 0 saturated heterocycles. The van der Waals surface area contributed by atoms with Crippen LogP contribution in [0, 0.1) is 11.6 Å². The molecule has 0 unspecified atom stereocenters. The van der Waals surface area contributed by atoms with Gasteiger partial charge in [0.05, 0.1) is 20.5 Å². The fourth-order valence-corrected chi connectivity index (χ4v) is 4.45. The minimum absolute atomic E-state index is 0.0292. The van der Waals surface area contributed by atoms with Gasteiger partial charge in [0.25, 0.3) is 0 Å². The molecular weight excluding hydrogens is 586 g/mol. The van der Waals surface area contributed by atoms with E-state index in [-0.39, 0.29) is 34.2 Å². The second kappa shape index (κ2) is 13.2. The van der Waals surface area contributed by atoms with Crippen LogP contribution >= 0.6 is 0 Å². The maximum absolute atomic E-state index is 13.6. The Morgan fingerprint density at radius 1 is 0.721 bits per heavy atom. The molecule has 10 nitrogen and oxygen atoms in total. The van der Waals surface area contributed by atoms with E-state index in [0.717, 1.165) is 6.26 Å². The fourth-order valence-electron chi connectivity index (χ4n) is 3.98. The SMILES string of the molecule is COC(=O)c1cc(NC(=O)Nc2ccc(OS(C)(=O)=O)c(OC)c2)ccc1OC(c1ccc(F)cc1)c1ccc(F)cc1. The number of nitrogens with one attached hydrogen (secondary N) is 2. The van der Waals surface area contributed by atoms with Crippen molar-refractivity contribution < 1.29 is 45.2 Å². The van der Waals surface area contributed by atoms with Crippen LogP contribution in [0.3, 0.4) is 0 Å². The van der Waals surface area contributed by atoms with Crippen LogP contribution in [0.1, 0.15) is 27.6 Å². The monoisotopic (exact) mass is 612 g/mol. The second-order valence-electron chi connectivity index (χ2n) is 9.04. The predicted molar refractivity (Wildman–Crippen MR) is 154 cm³/mol. The molecule has 0 spiro atoms. The number of methoxy groups -OCH3 is 2. The zero-order valence-corrected chi connectivity index (χ0v) is 23.9. The number of carbonyl (C=O) groups excluding carboxylic acids is 2. The Balaban J connectivity index is 1.58. The number of benzene rings is 4. The normalized spacial score (nSPS) is 11.0. The Labute approximate surface area is 246 Å². The molecule has 0 bridgehead atoms. The highest BCUT2D eigenvalue weighted by Gasteiger charge is 2.22. The molecule has 0 saturated carbocycles. The van der Waals surface area contributed by atoms with Gasteiger partial charge in [-0.05, 0) is 65.7 Å². The number of esters is 1. The van der Waals surface area contributed by atoms with E-state index in [2.05, 4.69) is 10.6 Å². The molecule has 0 aliphatic heterocycles.